The van der Waals surface area contributed by atoms with Gasteiger partial charge < -0.3 is 19.7 Å². The van der Waals surface area contributed by atoms with E-state index in [4.69, 9.17) is 9.47 Å². The third-order valence-electron chi connectivity index (χ3n) is 10.4. The Balaban J connectivity index is 1.06. The molecule has 0 fully saturated rings. The summed E-state index contributed by atoms with van der Waals surface area (Å²) < 4.78 is 13.2. The van der Waals surface area contributed by atoms with Crippen molar-refractivity contribution in [3.63, 3.8) is 0 Å². The van der Waals surface area contributed by atoms with Gasteiger partial charge in [-0.1, -0.05) is 127 Å². The molecule has 0 saturated heterocycles. The van der Waals surface area contributed by atoms with Crippen LogP contribution < -0.4 is 9.47 Å². The summed E-state index contributed by atoms with van der Waals surface area (Å²) in [5, 5.41) is 30.0. The molecule has 9 aromatic carbocycles. The fourth-order valence-electron chi connectivity index (χ4n) is 7.79. The normalized spacial score (nSPS) is 11.3. The number of aromatic hydroxyl groups is 2. The SMILES string of the molecule is O=Cc1cc2ccccc2c(-c2c(OCc3cccc(COc4ccc5ccccc5c4-c4c(O)c(C=O)cc5ccccc45)c3)ccc3ccccc23)c1O. The fraction of sp³-hybridized carbons (Fsp3) is 0.0400. The van der Waals surface area contributed by atoms with Crippen LogP contribution in [0, 0.1) is 0 Å². The molecule has 6 heteroatoms. The van der Waals surface area contributed by atoms with Crippen molar-refractivity contribution in [1.29, 1.82) is 0 Å². The minimum Gasteiger partial charge on any atom is -0.507 e. The van der Waals surface area contributed by atoms with E-state index in [9.17, 15) is 19.8 Å². The Kier molecular flexibility index (Phi) is 8.84. The molecule has 0 aliphatic rings. The lowest BCUT2D eigenvalue weighted by molar-refractivity contribution is 0.111. The number of carbonyl (C=O) groups excluding carboxylic acids is 2. The van der Waals surface area contributed by atoms with Crippen molar-refractivity contribution in [2.75, 3.05) is 0 Å². The van der Waals surface area contributed by atoms with Gasteiger partial charge in [-0.2, -0.15) is 0 Å². The molecule has 0 aliphatic heterocycles. The lowest BCUT2D eigenvalue weighted by atomic mass is 9.90. The van der Waals surface area contributed by atoms with Crippen LogP contribution in [-0.2, 0) is 13.2 Å². The average Bonchev–Trinajstić information content (AvgIpc) is 3.24. The first-order chi connectivity index (χ1) is 27.5. The Bertz CT molecular complexity index is 2800. The zero-order valence-electron chi connectivity index (χ0n) is 30.1. The van der Waals surface area contributed by atoms with E-state index in [1.165, 1.54) is 0 Å². The van der Waals surface area contributed by atoms with Gasteiger partial charge in [0.2, 0.25) is 0 Å². The van der Waals surface area contributed by atoms with Crippen LogP contribution >= 0.6 is 0 Å². The second-order valence-corrected chi connectivity index (χ2v) is 13.8. The maximum Gasteiger partial charge on any atom is 0.153 e. The molecular formula is C50H34O6. The molecule has 0 spiro atoms. The van der Waals surface area contributed by atoms with Crippen LogP contribution in [-0.4, -0.2) is 22.8 Å². The topological polar surface area (TPSA) is 93.1 Å². The highest BCUT2D eigenvalue weighted by Crippen LogP contribution is 2.48. The smallest absolute Gasteiger partial charge is 0.153 e. The van der Waals surface area contributed by atoms with Gasteiger partial charge in [-0.15, -0.1) is 0 Å². The molecule has 0 aliphatic carbocycles. The number of hydrogen-bond donors (Lipinski definition) is 2. The molecule has 0 unspecified atom stereocenters. The molecule has 270 valence electrons. The van der Waals surface area contributed by atoms with Gasteiger partial charge in [0.1, 0.15) is 36.2 Å². The number of carbonyl (C=O) groups is 2. The maximum absolute atomic E-state index is 12.1. The van der Waals surface area contributed by atoms with E-state index in [1.54, 1.807) is 12.1 Å². The van der Waals surface area contributed by atoms with Crippen LogP contribution in [0.15, 0.2) is 158 Å². The molecule has 0 aromatic heterocycles. The van der Waals surface area contributed by atoms with E-state index < -0.39 is 0 Å². The molecule has 9 aromatic rings. The van der Waals surface area contributed by atoms with E-state index in [1.807, 2.05) is 146 Å². The molecule has 56 heavy (non-hydrogen) atoms. The molecule has 0 bridgehead atoms. The lowest BCUT2D eigenvalue weighted by Crippen LogP contribution is -2.02. The largest absolute Gasteiger partial charge is 0.507 e. The Morgan fingerprint density at radius 2 is 0.768 bits per heavy atom. The number of aldehydes is 2. The van der Waals surface area contributed by atoms with Crippen molar-refractivity contribution in [1.82, 2.24) is 0 Å². The number of ether oxygens (including phenoxy) is 2. The molecule has 0 heterocycles. The number of rotatable bonds is 10. The van der Waals surface area contributed by atoms with Crippen LogP contribution in [0.2, 0.25) is 0 Å². The highest BCUT2D eigenvalue weighted by atomic mass is 16.5. The first kappa shape index (κ1) is 34.3. The Morgan fingerprint density at radius 3 is 1.18 bits per heavy atom. The minimum absolute atomic E-state index is 0.0914. The zero-order valence-corrected chi connectivity index (χ0v) is 30.1. The maximum atomic E-state index is 12.1. The van der Waals surface area contributed by atoms with Gasteiger partial charge in [0.05, 0.1) is 11.1 Å². The number of phenolic OH excluding ortho intramolecular Hbond substituents is 2. The second-order valence-electron chi connectivity index (χ2n) is 13.8. The van der Waals surface area contributed by atoms with Crippen molar-refractivity contribution in [3.8, 4) is 45.3 Å². The highest BCUT2D eigenvalue weighted by Gasteiger charge is 2.22. The van der Waals surface area contributed by atoms with Crippen molar-refractivity contribution in [2.45, 2.75) is 13.2 Å². The van der Waals surface area contributed by atoms with Gasteiger partial charge in [-0.25, -0.2) is 0 Å². The quantitative estimate of drug-likeness (QED) is 0.136. The fourth-order valence-corrected chi connectivity index (χ4v) is 7.79. The Labute approximate surface area is 322 Å². The Morgan fingerprint density at radius 1 is 0.393 bits per heavy atom. The van der Waals surface area contributed by atoms with Gasteiger partial charge >= 0.3 is 0 Å². The van der Waals surface area contributed by atoms with Gasteiger partial charge in [-0.05, 0) is 84.5 Å². The van der Waals surface area contributed by atoms with Crippen LogP contribution in [0.25, 0.3) is 65.3 Å². The molecule has 0 amide bonds. The van der Waals surface area contributed by atoms with E-state index in [2.05, 4.69) is 0 Å². The molecule has 9 rings (SSSR count). The van der Waals surface area contributed by atoms with E-state index in [0.717, 1.165) is 54.2 Å². The van der Waals surface area contributed by atoms with Crippen LogP contribution in [0.1, 0.15) is 31.8 Å². The Hall–Kier alpha value is -7.44. The van der Waals surface area contributed by atoms with Crippen molar-refractivity contribution in [3.05, 3.63) is 180 Å². The number of benzene rings is 9. The molecule has 0 saturated carbocycles. The summed E-state index contributed by atoms with van der Waals surface area (Å²) in [5.74, 6) is 0.955. The average molecular weight is 731 g/mol. The monoisotopic (exact) mass is 730 g/mol. The van der Waals surface area contributed by atoms with E-state index in [0.29, 0.717) is 46.3 Å². The van der Waals surface area contributed by atoms with Gasteiger partial charge in [0.25, 0.3) is 0 Å². The van der Waals surface area contributed by atoms with Crippen LogP contribution in [0.4, 0.5) is 0 Å². The summed E-state index contributed by atoms with van der Waals surface area (Å²) in [6, 6.07) is 50.4. The van der Waals surface area contributed by atoms with Crippen molar-refractivity contribution < 1.29 is 29.3 Å². The van der Waals surface area contributed by atoms with Crippen molar-refractivity contribution in [2.24, 2.45) is 0 Å². The summed E-state index contributed by atoms with van der Waals surface area (Å²) in [6.07, 6.45) is 1.36. The number of fused-ring (bicyclic) bond motifs is 4. The molecule has 2 N–H and O–H groups in total. The number of phenols is 2. The van der Waals surface area contributed by atoms with Gasteiger partial charge in [0, 0.05) is 22.3 Å². The van der Waals surface area contributed by atoms with E-state index in [-0.39, 0.29) is 35.8 Å². The summed E-state index contributed by atoms with van der Waals surface area (Å²) >= 11 is 0. The third kappa shape index (κ3) is 6.03. The van der Waals surface area contributed by atoms with Crippen LogP contribution in [0.3, 0.4) is 0 Å². The van der Waals surface area contributed by atoms with Crippen LogP contribution in [0.5, 0.6) is 23.0 Å². The standard InChI is InChI=1S/C50H34O6/c51-27-37-25-35-14-3-7-18-41(35)47(49(37)53)45-39-16-5-1-12-33(39)20-22-43(45)55-29-31-10-9-11-32(24-31)30-56-44-23-21-34-13-2-6-17-40(34)46(44)48-42-19-8-4-15-36(42)26-38(28-52)50(48)54/h1-28,53-54H,29-30H2. The second kappa shape index (κ2) is 14.4. The highest BCUT2D eigenvalue weighted by molar-refractivity contribution is 6.13. The van der Waals surface area contributed by atoms with Crippen molar-refractivity contribution >= 4 is 55.7 Å². The first-order valence-electron chi connectivity index (χ1n) is 18.3. The predicted molar refractivity (Wildman–Crippen MR) is 223 cm³/mol. The molecule has 0 radical (unpaired) electrons. The molecular weight excluding hydrogens is 697 g/mol. The van der Waals surface area contributed by atoms with Gasteiger partial charge in [-0.3, -0.25) is 9.59 Å². The zero-order chi connectivity index (χ0) is 38.2. The molecule has 6 nitrogen and oxygen atoms in total. The molecule has 0 atom stereocenters. The third-order valence-corrected chi connectivity index (χ3v) is 10.4. The summed E-state index contributed by atoms with van der Waals surface area (Å²) in [6.45, 7) is 0.454. The summed E-state index contributed by atoms with van der Waals surface area (Å²) in [5.41, 5.74) is 4.73. The summed E-state index contributed by atoms with van der Waals surface area (Å²) in [7, 11) is 0. The number of hydrogen-bond acceptors (Lipinski definition) is 6. The van der Waals surface area contributed by atoms with Gasteiger partial charge in [0.15, 0.2) is 12.6 Å². The first-order valence-corrected chi connectivity index (χ1v) is 18.3. The predicted octanol–water partition coefficient (Wildman–Crippen LogP) is 11.8. The summed E-state index contributed by atoms with van der Waals surface area (Å²) in [4.78, 5) is 24.2. The lowest BCUT2D eigenvalue weighted by Gasteiger charge is -2.19. The van der Waals surface area contributed by atoms with E-state index >= 15 is 0 Å². The minimum atomic E-state index is -0.0914.